The lowest BCUT2D eigenvalue weighted by Gasteiger charge is -1.97. The number of hydrogen-bond acceptors (Lipinski definition) is 4. The van der Waals surface area contributed by atoms with Crippen LogP contribution in [0.5, 0.6) is 5.75 Å². The predicted octanol–water partition coefficient (Wildman–Crippen LogP) is 0.335. The third kappa shape index (κ3) is 1.93. The number of hydrogen-bond donors (Lipinski definition) is 2. The van der Waals surface area contributed by atoms with Crippen LogP contribution in [0.2, 0.25) is 0 Å². The van der Waals surface area contributed by atoms with Gasteiger partial charge in [-0.2, -0.15) is 5.26 Å². The van der Waals surface area contributed by atoms with Crippen molar-refractivity contribution in [1.82, 2.24) is 9.97 Å². The molecule has 12 heavy (non-hydrogen) atoms. The lowest BCUT2D eigenvalue weighted by Crippen LogP contribution is -2.11. The second-order valence-electron chi connectivity index (χ2n) is 1.88. The largest absolute Gasteiger partial charge is 0.471 e. The topological polar surface area (TPSA) is 81.7 Å². The third-order valence-electron chi connectivity index (χ3n) is 1.08. The van der Waals surface area contributed by atoms with Gasteiger partial charge < -0.3 is 9.72 Å². The van der Waals surface area contributed by atoms with E-state index in [9.17, 15) is 4.79 Å². The maximum atomic E-state index is 11.0. The normalized spacial score (nSPS) is 8.92. The molecular weight excluding hydrogens is 178 g/mol. The number of H-pyrrole nitrogens is 2. The fourth-order valence-electron chi connectivity index (χ4n) is 0.615. The standard InChI is InChI=1S/C6H5N3O2S/c7-1-2-11-4-3-8-6(12)9-5(4)10/h3H,2H2,(H2,8,9,10,12). The summed E-state index contributed by atoms with van der Waals surface area (Å²) in [5, 5.41) is 8.16. The maximum Gasteiger partial charge on any atom is 0.294 e. The Kier molecular flexibility index (Phi) is 2.61. The van der Waals surface area contributed by atoms with Crippen molar-refractivity contribution in [3.63, 3.8) is 0 Å². The van der Waals surface area contributed by atoms with Gasteiger partial charge in [-0.05, 0) is 12.2 Å². The monoisotopic (exact) mass is 183 g/mol. The average molecular weight is 183 g/mol. The van der Waals surface area contributed by atoms with E-state index in [-0.39, 0.29) is 17.1 Å². The minimum absolute atomic E-state index is 0.0603. The van der Waals surface area contributed by atoms with E-state index in [0.717, 1.165) is 0 Å². The molecule has 0 saturated carbocycles. The molecule has 0 unspecified atom stereocenters. The van der Waals surface area contributed by atoms with Crippen LogP contribution in [0.15, 0.2) is 11.0 Å². The smallest absolute Gasteiger partial charge is 0.294 e. The number of rotatable bonds is 2. The summed E-state index contributed by atoms with van der Waals surface area (Å²) in [5.41, 5.74) is -0.436. The Hall–Kier alpha value is -1.61. The van der Waals surface area contributed by atoms with E-state index in [1.54, 1.807) is 6.07 Å². The number of nitrogens with zero attached hydrogens (tertiary/aromatic N) is 1. The first-order chi connectivity index (χ1) is 5.74. The molecule has 0 radical (unpaired) electrons. The van der Waals surface area contributed by atoms with Gasteiger partial charge in [-0.25, -0.2) is 0 Å². The zero-order valence-electron chi connectivity index (χ0n) is 5.96. The highest BCUT2D eigenvalue weighted by Gasteiger charge is 1.97. The fraction of sp³-hybridized carbons (Fsp3) is 0.167. The predicted molar refractivity (Wildman–Crippen MR) is 43.4 cm³/mol. The summed E-state index contributed by atoms with van der Waals surface area (Å²) in [6.45, 7) is -0.159. The Morgan fingerprint density at radius 2 is 2.50 bits per heavy atom. The molecule has 0 saturated heterocycles. The molecule has 0 fully saturated rings. The van der Waals surface area contributed by atoms with Crippen molar-refractivity contribution in [3.05, 3.63) is 21.3 Å². The van der Waals surface area contributed by atoms with Crippen LogP contribution in [0.3, 0.4) is 0 Å². The molecule has 0 atom stereocenters. The van der Waals surface area contributed by atoms with E-state index in [0.29, 0.717) is 0 Å². The summed E-state index contributed by atoms with van der Waals surface area (Å²) in [4.78, 5) is 15.9. The first-order valence-corrected chi connectivity index (χ1v) is 3.46. The van der Waals surface area contributed by atoms with Gasteiger partial charge in [0.1, 0.15) is 6.07 Å². The number of nitrogens with one attached hydrogen (secondary N) is 2. The summed E-state index contributed by atoms with van der Waals surface area (Å²) in [5.74, 6) is 0.0603. The molecule has 0 amide bonds. The molecule has 0 aliphatic carbocycles. The third-order valence-corrected chi connectivity index (χ3v) is 1.30. The summed E-state index contributed by atoms with van der Waals surface area (Å²) >= 11 is 4.64. The highest BCUT2D eigenvalue weighted by atomic mass is 32.1. The van der Waals surface area contributed by atoms with Gasteiger partial charge in [0.2, 0.25) is 5.75 Å². The lowest BCUT2D eigenvalue weighted by molar-refractivity contribution is 0.360. The summed E-state index contributed by atoms with van der Waals surface area (Å²) in [6.07, 6.45) is 1.32. The number of aromatic amines is 2. The molecule has 1 rings (SSSR count). The SMILES string of the molecule is N#CCOc1c[nH]c(=S)[nH]c1=O. The van der Waals surface area contributed by atoms with Gasteiger partial charge in [-0.3, -0.25) is 9.78 Å². The number of aromatic nitrogens is 2. The van der Waals surface area contributed by atoms with E-state index in [1.165, 1.54) is 6.20 Å². The van der Waals surface area contributed by atoms with Crippen molar-refractivity contribution in [2.24, 2.45) is 0 Å². The molecule has 0 aromatic carbocycles. The Balaban J connectivity index is 2.96. The van der Waals surface area contributed by atoms with Crippen LogP contribution in [0.25, 0.3) is 0 Å². The Morgan fingerprint density at radius 3 is 3.08 bits per heavy atom. The van der Waals surface area contributed by atoms with E-state index < -0.39 is 5.56 Å². The molecule has 5 nitrogen and oxygen atoms in total. The Morgan fingerprint density at radius 1 is 1.75 bits per heavy atom. The van der Waals surface area contributed by atoms with Crippen LogP contribution >= 0.6 is 12.2 Å². The zero-order valence-corrected chi connectivity index (χ0v) is 6.77. The van der Waals surface area contributed by atoms with Crippen molar-refractivity contribution >= 4 is 12.2 Å². The van der Waals surface area contributed by atoms with Gasteiger partial charge >= 0.3 is 0 Å². The van der Waals surface area contributed by atoms with Crippen LogP contribution in [0.1, 0.15) is 0 Å². The van der Waals surface area contributed by atoms with E-state index in [4.69, 9.17) is 10.00 Å². The lowest BCUT2D eigenvalue weighted by atomic mass is 10.6. The Labute approximate surface area is 72.6 Å². The molecule has 1 aromatic heterocycles. The molecule has 1 heterocycles. The zero-order chi connectivity index (χ0) is 8.97. The molecule has 0 spiro atoms. The number of ether oxygens (including phenoxy) is 1. The van der Waals surface area contributed by atoms with Gasteiger partial charge in [-0.1, -0.05) is 0 Å². The fourth-order valence-corrected chi connectivity index (χ4v) is 0.766. The highest BCUT2D eigenvalue weighted by Crippen LogP contribution is 1.96. The molecule has 2 N–H and O–H groups in total. The van der Waals surface area contributed by atoms with Crippen molar-refractivity contribution < 1.29 is 4.74 Å². The second-order valence-corrected chi connectivity index (χ2v) is 2.29. The number of nitriles is 1. The molecule has 0 aliphatic heterocycles. The van der Waals surface area contributed by atoms with Gasteiger partial charge in [0.25, 0.3) is 5.56 Å². The molecule has 0 aliphatic rings. The van der Waals surface area contributed by atoms with Gasteiger partial charge in [0.15, 0.2) is 11.4 Å². The summed E-state index contributed by atoms with van der Waals surface area (Å²) < 4.78 is 4.98. The minimum atomic E-state index is -0.436. The molecule has 0 bridgehead atoms. The maximum absolute atomic E-state index is 11.0. The van der Waals surface area contributed by atoms with Crippen LogP contribution in [-0.4, -0.2) is 16.6 Å². The van der Waals surface area contributed by atoms with Crippen LogP contribution in [0, 0.1) is 16.1 Å². The van der Waals surface area contributed by atoms with Crippen molar-refractivity contribution in [1.29, 1.82) is 5.26 Å². The summed E-state index contributed by atoms with van der Waals surface area (Å²) in [6, 6.07) is 1.74. The molecular formula is C6H5N3O2S. The molecule has 1 aromatic rings. The van der Waals surface area contributed by atoms with E-state index >= 15 is 0 Å². The molecule has 6 heteroatoms. The van der Waals surface area contributed by atoms with Crippen molar-refractivity contribution in [2.75, 3.05) is 6.61 Å². The van der Waals surface area contributed by atoms with Crippen LogP contribution < -0.4 is 10.3 Å². The van der Waals surface area contributed by atoms with Crippen LogP contribution in [-0.2, 0) is 0 Å². The van der Waals surface area contributed by atoms with E-state index in [1.807, 2.05) is 0 Å². The second kappa shape index (κ2) is 3.69. The molecule has 62 valence electrons. The first-order valence-electron chi connectivity index (χ1n) is 3.06. The van der Waals surface area contributed by atoms with E-state index in [2.05, 4.69) is 22.2 Å². The highest BCUT2D eigenvalue weighted by molar-refractivity contribution is 7.71. The van der Waals surface area contributed by atoms with Crippen LogP contribution in [0.4, 0.5) is 0 Å². The quantitative estimate of drug-likeness (QED) is 0.647. The van der Waals surface area contributed by atoms with Gasteiger partial charge in [0, 0.05) is 0 Å². The summed E-state index contributed by atoms with van der Waals surface area (Å²) in [7, 11) is 0. The minimum Gasteiger partial charge on any atom is -0.471 e. The van der Waals surface area contributed by atoms with Crippen molar-refractivity contribution in [3.8, 4) is 11.8 Å². The van der Waals surface area contributed by atoms with Gasteiger partial charge in [-0.15, -0.1) is 0 Å². The Bertz CT molecular complexity index is 414. The van der Waals surface area contributed by atoms with Gasteiger partial charge in [0.05, 0.1) is 6.20 Å². The first kappa shape index (κ1) is 8.49. The average Bonchev–Trinajstić information content (AvgIpc) is 2.03. The van der Waals surface area contributed by atoms with Crippen molar-refractivity contribution in [2.45, 2.75) is 0 Å².